The van der Waals surface area contributed by atoms with Gasteiger partial charge in [-0.05, 0) is 25.1 Å². The Hall–Kier alpha value is -2.37. The summed E-state index contributed by atoms with van der Waals surface area (Å²) < 4.78 is 16.5. The van der Waals surface area contributed by atoms with E-state index in [0.29, 0.717) is 17.2 Å². The summed E-state index contributed by atoms with van der Waals surface area (Å²) in [6.45, 7) is 2.71. The van der Waals surface area contributed by atoms with Crippen LogP contribution in [0.4, 0.5) is 10.2 Å². The average Bonchev–Trinajstić information content (AvgIpc) is 2.94. The molecule has 3 aromatic heterocycles. The van der Waals surface area contributed by atoms with Gasteiger partial charge in [0.2, 0.25) is 0 Å². The maximum atomic E-state index is 13.2. The summed E-state index contributed by atoms with van der Waals surface area (Å²) in [5.74, 6) is 0.0712. The summed E-state index contributed by atoms with van der Waals surface area (Å²) in [6.07, 6.45) is 3.02. The van der Waals surface area contributed by atoms with Crippen molar-refractivity contribution >= 4 is 11.5 Å². The van der Waals surface area contributed by atoms with Crippen LogP contribution in [0.3, 0.4) is 0 Å². The molecular formula is C12H12FN5. The van der Waals surface area contributed by atoms with E-state index in [1.807, 2.05) is 13.0 Å². The zero-order chi connectivity index (χ0) is 12.7. The van der Waals surface area contributed by atoms with E-state index in [-0.39, 0.29) is 5.82 Å². The van der Waals surface area contributed by atoms with E-state index >= 15 is 0 Å². The van der Waals surface area contributed by atoms with Crippen molar-refractivity contribution in [1.29, 1.82) is 0 Å². The molecule has 5 nitrogen and oxygen atoms in total. The standard InChI is InChI=1S/C12H12FN5/c1-2-18-9(5-6-15-18)11-12(14)17-7-8(13)3-4-10(17)16-11/h3-7H,2,14H2,1H3. The Morgan fingerprint density at radius 3 is 2.94 bits per heavy atom. The van der Waals surface area contributed by atoms with E-state index in [1.165, 1.54) is 16.7 Å². The zero-order valence-corrected chi connectivity index (χ0v) is 9.84. The number of pyridine rings is 1. The molecule has 0 aliphatic carbocycles. The van der Waals surface area contributed by atoms with Crippen LogP contribution >= 0.6 is 0 Å². The molecule has 0 unspecified atom stereocenters. The molecule has 0 aliphatic rings. The van der Waals surface area contributed by atoms with Gasteiger partial charge in [-0.3, -0.25) is 9.08 Å². The molecule has 0 spiro atoms. The van der Waals surface area contributed by atoms with E-state index in [2.05, 4.69) is 10.1 Å². The fourth-order valence-corrected chi connectivity index (χ4v) is 2.01. The summed E-state index contributed by atoms with van der Waals surface area (Å²) >= 11 is 0. The van der Waals surface area contributed by atoms with Crippen molar-refractivity contribution in [3.05, 3.63) is 36.4 Å². The van der Waals surface area contributed by atoms with Gasteiger partial charge in [-0.2, -0.15) is 5.10 Å². The second-order valence-electron chi connectivity index (χ2n) is 3.95. The molecule has 0 saturated carbocycles. The SMILES string of the molecule is CCn1nccc1-c1nc2ccc(F)cn2c1N. The van der Waals surface area contributed by atoms with Crippen molar-refractivity contribution in [3.8, 4) is 11.4 Å². The number of rotatable bonds is 2. The van der Waals surface area contributed by atoms with Crippen LogP contribution in [-0.2, 0) is 6.54 Å². The number of hydrogen-bond donors (Lipinski definition) is 1. The van der Waals surface area contributed by atoms with Gasteiger partial charge in [-0.25, -0.2) is 9.37 Å². The number of halogens is 1. The molecule has 6 heteroatoms. The van der Waals surface area contributed by atoms with Crippen LogP contribution in [0, 0.1) is 5.82 Å². The molecule has 3 rings (SSSR count). The molecule has 0 amide bonds. The summed E-state index contributed by atoms with van der Waals surface area (Å²) in [4.78, 5) is 4.41. The second kappa shape index (κ2) is 3.83. The Kier molecular flexibility index (Phi) is 2.29. The predicted octanol–water partition coefficient (Wildman–Crippen LogP) is 1.94. The lowest BCUT2D eigenvalue weighted by Crippen LogP contribution is -2.01. The number of hydrogen-bond acceptors (Lipinski definition) is 3. The highest BCUT2D eigenvalue weighted by molar-refractivity contribution is 5.72. The second-order valence-corrected chi connectivity index (χ2v) is 3.95. The topological polar surface area (TPSA) is 61.1 Å². The minimum atomic E-state index is -0.345. The first-order chi connectivity index (χ1) is 8.70. The van der Waals surface area contributed by atoms with Crippen LogP contribution in [0.1, 0.15) is 6.92 Å². The Balaban J connectivity index is 2.27. The Bertz CT molecular complexity index is 712. The lowest BCUT2D eigenvalue weighted by molar-refractivity contribution is 0.619. The minimum Gasteiger partial charge on any atom is -0.383 e. The summed E-state index contributed by atoms with van der Waals surface area (Å²) in [5.41, 5.74) is 8.09. The molecular weight excluding hydrogens is 233 g/mol. The monoisotopic (exact) mass is 245 g/mol. The highest BCUT2D eigenvalue weighted by atomic mass is 19.1. The molecule has 2 N–H and O–H groups in total. The van der Waals surface area contributed by atoms with E-state index < -0.39 is 0 Å². The van der Waals surface area contributed by atoms with Gasteiger partial charge in [0, 0.05) is 18.9 Å². The van der Waals surface area contributed by atoms with Gasteiger partial charge in [0.25, 0.3) is 0 Å². The van der Waals surface area contributed by atoms with Crippen LogP contribution < -0.4 is 5.73 Å². The van der Waals surface area contributed by atoms with E-state index in [9.17, 15) is 4.39 Å². The fraction of sp³-hybridized carbons (Fsp3) is 0.167. The van der Waals surface area contributed by atoms with Crippen molar-refractivity contribution in [1.82, 2.24) is 19.2 Å². The molecule has 3 aromatic rings. The third kappa shape index (κ3) is 1.46. The third-order valence-corrected chi connectivity index (χ3v) is 2.88. The fourth-order valence-electron chi connectivity index (χ4n) is 2.01. The first-order valence-corrected chi connectivity index (χ1v) is 5.66. The van der Waals surface area contributed by atoms with Crippen LogP contribution in [0.15, 0.2) is 30.6 Å². The molecule has 3 heterocycles. The van der Waals surface area contributed by atoms with Crippen LogP contribution in [0.25, 0.3) is 17.0 Å². The molecule has 0 bridgehead atoms. The highest BCUT2D eigenvalue weighted by Crippen LogP contribution is 2.26. The molecule has 0 fully saturated rings. The molecule has 18 heavy (non-hydrogen) atoms. The minimum absolute atomic E-state index is 0.345. The first-order valence-electron chi connectivity index (χ1n) is 5.66. The van der Waals surface area contributed by atoms with Gasteiger partial charge in [-0.1, -0.05) is 0 Å². The Morgan fingerprint density at radius 1 is 1.33 bits per heavy atom. The smallest absolute Gasteiger partial charge is 0.140 e. The van der Waals surface area contributed by atoms with Gasteiger partial charge in [0.15, 0.2) is 0 Å². The number of nitrogen functional groups attached to an aromatic ring is 1. The van der Waals surface area contributed by atoms with Crippen molar-refractivity contribution in [2.75, 3.05) is 5.73 Å². The van der Waals surface area contributed by atoms with E-state index in [1.54, 1.807) is 16.9 Å². The largest absolute Gasteiger partial charge is 0.383 e. The lowest BCUT2D eigenvalue weighted by atomic mass is 10.3. The van der Waals surface area contributed by atoms with Crippen molar-refractivity contribution < 1.29 is 4.39 Å². The molecule has 0 aromatic carbocycles. The van der Waals surface area contributed by atoms with E-state index in [0.717, 1.165) is 12.2 Å². The number of fused-ring (bicyclic) bond motifs is 1. The van der Waals surface area contributed by atoms with Crippen LogP contribution in [-0.4, -0.2) is 19.2 Å². The van der Waals surface area contributed by atoms with Gasteiger partial charge in [0.05, 0.1) is 5.69 Å². The number of aromatic nitrogens is 4. The van der Waals surface area contributed by atoms with Crippen LogP contribution in [0.5, 0.6) is 0 Å². The van der Waals surface area contributed by atoms with Gasteiger partial charge in [-0.15, -0.1) is 0 Å². The normalized spacial score (nSPS) is 11.2. The number of aryl methyl sites for hydroxylation is 1. The van der Waals surface area contributed by atoms with Crippen molar-refractivity contribution in [3.63, 3.8) is 0 Å². The molecule has 92 valence electrons. The molecule has 0 aliphatic heterocycles. The number of nitrogens with two attached hydrogens (primary N) is 1. The number of nitrogens with zero attached hydrogens (tertiary/aromatic N) is 4. The summed E-state index contributed by atoms with van der Waals surface area (Å²) in [5, 5.41) is 4.18. The Morgan fingerprint density at radius 2 is 2.17 bits per heavy atom. The van der Waals surface area contributed by atoms with Crippen molar-refractivity contribution in [2.24, 2.45) is 0 Å². The lowest BCUT2D eigenvalue weighted by Gasteiger charge is -2.02. The average molecular weight is 245 g/mol. The Labute approximate surface area is 103 Å². The summed E-state index contributed by atoms with van der Waals surface area (Å²) in [6, 6.07) is 4.81. The van der Waals surface area contributed by atoms with Crippen LogP contribution in [0.2, 0.25) is 0 Å². The quantitative estimate of drug-likeness (QED) is 0.750. The molecule has 0 radical (unpaired) electrons. The highest BCUT2D eigenvalue weighted by Gasteiger charge is 2.14. The summed E-state index contributed by atoms with van der Waals surface area (Å²) in [7, 11) is 0. The molecule has 0 saturated heterocycles. The third-order valence-electron chi connectivity index (χ3n) is 2.88. The molecule has 0 atom stereocenters. The number of anilines is 1. The van der Waals surface area contributed by atoms with Gasteiger partial charge >= 0.3 is 0 Å². The first kappa shape index (κ1) is 10.8. The van der Waals surface area contributed by atoms with Gasteiger partial charge < -0.3 is 5.73 Å². The van der Waals surface area contributed by atoms with Crippen molar-refractivity contribution in [2.45, 2.75) is 13.5 Å². The predicted molar refractivity (Wildman–Crippen MR) is 66.5 cm³/mol. The number of imidazole rings is 1. The van der Waals surface area contributed by atoms with Gasteiger partial charge in [0.1, 0.15) is 23.0 Å². The van der Waals surface area contributed by atoms with E-state index in [4.69, 9.17) is 5.73 Å². The zero-order valence-electron chi connectivity index (χ0n) is 9.84. The maximum Gasteiger partial charge on any atom is 0.140 e. The maximum absolute atomic E-state index is 13.2.